The normalized spacial score (nSPS) is 11.4. The highest BCUT2D eigenvalue weighted by molar-refractivity contribution is 7.92. The number of nitrogens with one attached hydrogen (secondary N) is 1. The van der Waals surface area contributed by atoms with Crippen LogP contribution in [0.2, 0.25) is 0 Å². The molecule has 0 unspecified atom stereocenters. The van der Waals surface area contributed by atoms with Gasteiger partial charge in [-0.05, 0) is 55.7 Å². The van der Waals surface area contributed by atoms with Crippen molar-refractivity contribution < 1.29 is 17.9 Å². The molecular formula is C23H27N3O4S. The molecule has 0 saturated heterocycles. The Balaban J connectivity index is 1.92. The van der Waals surface area contributed by atoms with Crippen molar-refractivity contribution in [3.8, 4) is 22.9 Å². The first-order valence-corrected chi connectivity index (χ1v) is 11.7. The molecule has 0 bridgehead atoms. The van der Waals surface area contributed by atoms with Crippen LogP contribution in [0.5, 0.6) is 11.6 Å². The van der Waals surface area contributed by atoms with Crippen LogP contribution in [0.4, 0.5) is 5.69 Å². The van der Waals surface area contributed by atoms with E-state index in [0.29, 0.717) is 36.2 Å². The molecule has 8 heteroatoms. The van der Waals surface area contributed by atoms with Gasteiger partial charge in [-0.25, -0.2) is 8.42 Å². The van der Waals surface area contributed by atoms with Crippen molar-refractivity contribution in [1.82, 2.24) is 10.2 Å². The monoisotopic (exact) mass is 441 g/mol. The van der Waals surface area contributed by atoms with E-state index in [2.05, 4.69) is 14.9 Å². The van der Waals surface area contributed by atoms with Crippen LogP contribution in [0.15, 0.2) is 59.5 Å². The van der Waals surface area contributed by atoms with E-state index in [1.54, 1.807) is 42.5 Å². The molecule has 0 radical (unpaired) electrons. The van der Waals surface area contributed by atoms with E-state index >= 15 is 0 Å². The largest absolute Gasteiger partial charge is 0.492 e. The third-order valence-electron chi connectivity index (χ3n) is 4.57. The van der Waals surface area contributed by atoms with Crippen molar-refractivity contribution in [1.29, 1.82) is 0 Å². The minimum atomic E-state index is -3.87. The molecular weight excluding hydrogens is 414 g/mol. The summed E-state index contributed by atoms with van der Waals surface area (Å²) in [5, 5.41) is 8.19. The first-order valence-electron chi connectivity index (χ1n) is 10.2. The molecule has 3 rings (SSSR count). The van der Waals surface area contributed by atoms with Crippen molar-refractivity contribution in [2.24, 2.45) is 0 Å². The Kier molecular flexibility index (Phi) is 7.12. The standard InChI is InChI=1S/C23H27N3O4S/c1-5-29-21-12-10-17(16(3)4)15-22(21)31(27,28)26-19-9-7-8-18(14-19)20-11-13-23(25-24-20)30-6-2/h7-16,26H,5-6H2,1-4H3. The van der Waals surface area contributed by atoms with Gasteiger partial charge >= 0.3 is 0 Å². The second-order valence-corrected chi connectivity index (χ2v) is 8.82. The fourth-order valence-electron chi connectivity index (χ4n) is 3.02. The molecule has 0 spiro atoms. The first-order chi connectivity index (χ1) is 14.8. The molecule has 2 aromatic carbocycles. The number of rotatable bonds is 9. The number of hydrogen-bond acceptors (Lipinski definition) is 6. The van der Waals surface area contributed by atoms with Crippen LogP contribution in [0, 0.1) is 0 Å². The molecule has 0 aliphatic rings. The van der Waals surface area contributed by atoms with Gasteiger partial charge in [-0.3, -0.25) is 4.72 Å². The Morgan fingerprint density at radius 2 is 1.71 bits per heavy atom. The highest BCUT2D eigenvalue weighted by atomic mass is 32.2. The van der Waals surface area contributed by atoms with Gasteiger partial charge in [-0.2, -0.15) is 0 Å². The van der Waals surface area contributed by atoms with Gasteiger partial charge in [0.2, 0.25) is 5.88 Å². The molecule has 1 aromatic heterocycles. The molecule has 0 aliphatic heterocycles. The Morgan fingerprint density at radius 3 is 2.35 bits per heavy atom. The number of ether oxygens (including phenoxy) is 2. The van der Waals surface area contributed by atoms with Crippen molar-refractivity contribution in [3.63, 3.8) is 0 Å². The van der Waals surface area contributed by atoms with E-state index < -0.39 is 10.0 Å². The van der Waals surface area contributed by atoms with Crippen LogP contribution in [-0.2, 0) is 10.0 Å². The quantitative estimate of drug-likeness (QED) is 0.510. The summed E-state index contributed by atoms with van der Waals surface area (Å²) in [6, 6.07) is 15.8. The van der Waals surface area contributed by atoms with E-state index in [-0.39, 0.29) is 10.8 Å². The lowest BCUT2D eigenvalue weighted by Gasteiger charge is -2.15. The molecule has 1 N–H and O–H groups in total. The molecule has 0 atom stereocenters. The second kappa shape index (κ2) is 9.78. The number of nitrogens with zero attached hydrogens (tertiary/aromatic N) is 2. The topological polar surface area (TPSA) is 90.4 Å². The molecule has 3 aromatic rings. The molecule has 0 aliphatic carbocycles. The van der Waals surface area contributed by atoms with Gasteiger partial charge in [0.25, 0.3) is 10.0 Å². The zero-order valence-electron chi connectivity index (χ0n) is 18.1. The number of benzene rings is 2. The predicted octanol–water partition coefficient (Wildman–Crippen LogP) is 4.87. The Morgan fingerprint density at radius 1 is 0.935 bits per heavy atom. The maximum absolute atomic E-state index is 13.2. The van der Waals surface area contributed by atoms with Gasteiger partial charge in [-0.15, -0.1) is 10.2 Å². The van der Waals surface area contributed by atoms with E-state index in [1.807, 2.05) is 39.8 Å². The molecule has 0 amide bonds. The maximum Gasteiger partial charge on any atom is 0.265 e. The maximum atomic E-state index is 13.2. The predicted molar refractivity (Wildman–Crippen MR) is 121 cm³/mol. The van der Waals surface area contributed by atoms with E-state index in [9.17, 15) is 8.42 Å². The Labute approximate surface area is 183 Å². The summed E-state index contributed by atoms with van der Waals surface area (Å²) >= 11 is 0. The molecule has 1 heterocycles. The first kappa shape index (κ1) is 22.6. The highest BCUT2D eigenvalue weighted by Gasteiger charge is 2.21. The minimum Gasteiger partial charge on any atom is -0.492 e. The summed E-state index contributed by atoms with van der Waals surface area (Å²) in [4.78, 5) is 0.117. The average Bonchev–Trinajstić information content (AvgIpc) is 2.74. The third-order valence-corrected chi connectivity index (χ3v) is 5.97. The van der Waals surface area contributed by atoms with Crippen LogP contribution >= 0.6 is 0 Å². The molecule has 0 fully saturated rings. The number of anilines is 1. The Hall–Kier alpha value is -3.13. The van der Waals surface area contributed by atoms with Crippen molar-refractivity contribution in [2.45, 2.75) is 38.5 Å². The summed E-state index contributed by atoms with van der Waals surface area (Å²) in [5.74, 6) is 0.954. The number of aromatic nitrogens is 2. The summed E-state index contributed by atoms with van der Waals surface area (Å²) in [7, 11) is -3.87. The van der Waals surface area contributed by atoms with Gasteiger partial charge < -0.3 is 9.47 Å². The fraction of sp³-hybridized carbons (Fsp3) is 0.304. The lowest BCUT2D eigenvalue weighted by atomic mass is 10.0. The van der Waals surface area contributed by atoms with Gasteiger partial charge in [0, 0.05) is 17.3 Å². The van der Waals surface area contributed by atoms with Crippen molar-refractivity contribution in [2.75, 3.05) is 17.9 Å². The smallest absolute Gasteiger partial charge is 0.265 e. The third kappa shape index (κ3) is 5.52. The minimum absolute atomic E-state index is 0.117. The van der Waals surface area contributed by atoms with Crippen LogP contribution in [-0.4, -0.2) is 31.8 Å². The zero-order chi connectivity index (χ0) is 22.4. The van der Waals surface area contributed by atoms with Crippen molar-refractivity contribution in [3.05, 3.63) is 60.2 Å². The molecule has 0 saturated carbocycles. The van der Waals surface area contributed by atoms with Gasteiger partial charge in [0.1, 0.15) is 10.6 Å². The summed E-state index contributed by atoms with van der Waals surface area (Å²) in [6.45, 7) is 8.60. The van der Waals surface area contributed by atoms with Crippen molar-refractivity contribution >= 4 is 15.7 Å². The van der Waals surface area contributed by atoms with Gasteiger partial charge in [0.05, 0.1) is 18.9 Å². The van der Waals surface area contributed by atoms with Gasteiger partial charge in [0.15, 0.2) is 0 Å². The zero-order valence-corrected chi connectivity index (χ0v) is 18.9. The van der Waals surface area contributed by atoms with E-state index in [1.165, 1.54) is 0 Å². The Bertz CT molecular complexity index is 1130. The number of sulfonamides is 1. The molecule has 7 nitrogen and oxygen atoms in total. The average molecular weight is 442 g/mol. The second-order valence-electron chi connectivity index (χ2n) is 7.17. The van der Waals surface area contributed by atoms with Gasteiger partial charge in [-0.1, -0.05) is 32.0 Å². The number of hydrogen-bond donors (Lipinski definition) is 1. The highest BCUT2D eigenvalue weighted by Crippen LogP contribution is 2.30. The SMILES string of the molecule is CCOc1ccc(-c2cccc(NS(=O)(=O)c3cc(C(C)C)ccc3OCC)c2)nn1. The molecule has 31 heavy (non-hydrogen) atoms. The fourth-order valence-corrected chi connectivity index (χ4v) is 4.25. The van der Waals surface area contributed by atoms with Crippen LogP contribution in [0.3, 0.4) is 0 Å². The summed E-state index contributed by atoms with van der Waals surface area (Å²) in [6.07, 6.45) is 0. The van der Waals surface area contributed by atoms with E-state index in [0.717, 1.165) is 11.1 Å². The molecule has 164 valence electrons. The lowest BCUT2D eigenvalue weighted by Crippen LogP contribution is -2.15. The van der Waals surface area contributed by atoms with Crippen LogP contribution in [0.25, 0.3) is 11.3 Å². The van der Waals surface area contributed by atoms with E-state index in [4.69, 9.17) is 9.47 Å². The lowest BCUT2D eigenvalue weighted by molar-refractivity contribution is 0.323. The summed E-state index contributed by atoms with van der Waals surface area (Å²) in [5.41, 5.74) is 2.69. The summed E-state index contributed by atoms with van der Waals surface area (Å²) < 4.78 is 39.9. The van der Waals surface area contributed by atoms with Crippen LogP contribution < -0.4 is 14.2 Å². The van der Waals surface area contributed by atoms with Crippen LogP contribution in [0.1, 0.15) is 39.2 Å².